The number of H-pyrrole nitrogens is 1. The minimum absolute atomic E-state index is 0.127. The first-order chi connectivity index (χ1) is 12.0. The number of fused-ring (bicyclic) bond motifs is 1. The van der Waals surface area contributed by atoms with Gasteiger partial charge in [-0.05, 0) is 49.9 Å². The molecule has 6 nitrogen and oxygen atoms in total. The lowest BCUT2D eigenvalue weighted by atomic mass is 9.96. The first-order valence-electron chi connectivity index (χ1n) is 8.70. The average Bonchev–Trinajstić information content (AvgIpc) is 3.26. The average molecular weight is 338 g/mol. The molecule has 4 rings (SSSR count). The van der Waals surface area contributed by atoms with Gasteiger partial charge in [-0.2, -0.15) is 4.98 Å². The van der Waals surface area contributed by atoms with Crippen LogP contribution in [0, 0.1) is 20.8 Å². The Labute approximate surface area is 146 Å². The second kappa shape index (κ2) is 5.72. The molecule has 0 radical (unpaired) electrons. The number of aromatic nitrogens is 3. The lowest BCUT2D eigenvalue weighted by Gasteiger charge is -2.26. The van der Waals surface area contributed by atoms with Crippen LogP contribution in [0.25, 0.3) is 10.9 Å². The van der Waals surface area contributed by atoms with Crippen LogP contribution >= 0.6 is 0 Å². The highest BCUT2D eigenvalue weighted by atomic mass is 16.5. The smallest absolute Gasteiger partial charge is 0.268 e. The Morgan fingerprint density at radius 3 is 2.64 bits per heavy atom. The molecule has 2 N–H and O–H groups in total. The fraction of sp³-hybridized carbons (Fsp3) is 0.421. The van der Waals surface area contributed by atoms with Gasteiger partial charge in [0.2, 0.25) is 5.89 Å². The highest BCUT2D eigenvalue weighted by Gasteiger charge is 2.41. The van der Waals surface area contributed by atoms with Crippen LogP contribution in [-0.4, -0.2) is 21.0 Å². The molecule has 1 amide bonds. The van der Waals surface area contributed by atoms with Crippen molar-refractivity contribution in [3.05, 3.63) is 46.7 Å². The Balaban J connectivity index is 1.67. The predicted octanol–water partition coefficient (Wildman–Crippen LogP) is 3.68. The van der Waals surface area contributed by atoms with E-state index in [9.17, 15) is 4.79 Å². The number of nitrogens with one attached hydrogen (secondary N) is 2. The van der Waals surface area contributed by atoms with Crippen molar-refractivity contribution in [1.29, 1.82) is 0 Å². The summed E-state index contributed by atoms with van der Waals surface area (Å²) < 4.78 is 5.15. The number of nitrogens with zero attached hydrogens (tertiary/aromatic N) is 2. The zero-order valence-corrected chi connectivity index (χ0v) is 14.8. The summed E-state index contributed by atoms with van der Waals surface area (Å²) in [5.74, 6) is 0.976. The van der Waals surface area contributed by atoms with Gasteiger partial charge in [0.1, 0.15) is 11.2 Å². The molecule has 1 fully saturated rings. The van der Waals surface area contributed by atoms with Crippen molar-refractivity contribution >= 4 is 16.8 Å². The number of carbonyl (C=O) groups is 1. The van der Waals surface area contributed by atoms with E-state index in [-0.39, 0.29) is 5.91 Å². The lowest BCUT2D eigenvalue weighted by Crippen LogP contribution is -2.44. The van der Waals surface area contributed by atoms with Crippen molar-refractivity contribution in [2.75, 3.05) is 0 Å². The van der Waals surface area contributed by atoms with Gasteiger partial charge in [-0.1, -0.05) is 24.1 Å². The third-order valence-electron chi connectivity index (χ3n) is 5.10. The van der Waals surface area contributed by atoms with E-state index < -0.39 is 5.54 Å². The quantitative estimate of drug-likeness (QED) is 0.763. The topological polar surface area (TPSA) is 83.8 Å². The number of carbonyl (C=O) groups excluding carboxylic acids is 1. The minimum atomic E-state index is -0.531. The van der Waals surface area contributed by atoms with Gasteiger partial charge < -0.3 is 14.8 Å². The SMILES string of the molecule is Cc1cc(C)c2cc(C(=O)NC3(c4noc(C)n4)CCCC3)[nH]c2c1. The molecule has 1 aliphatic rings. The number of rotatable bonds is 3. The normalized spacial score (nSPS) is 16.4. The standard InChI is InChI=1S/C19H22N4O2/c1-11-8-12(2)14-10-16(21-15(14)9-11)17(24)22-19(6-4-5-7-19)18-20-13(3)25-23-18/h8-10,21H,4-7H2,1-3H3,(H,22,24). The van der Waals surface area contributed by atoms with Crippen LogP contribution in [0.2, 0.25) is 0 Å². The molecule has 0 atom stereocenters. The van der Waals surface area contributed by atoms with Crippen LogP contribution in [0.4, 0.5) is 0 Å². The molecule has 25 heavy (non-hydrogen) atoms. The molecule has 130 valence electrons. The first kappa shape index (κ1) is 15.9. The summed E-state index contributed by atoms with van der Waals surface area (Å²) in [5.41, 5.74) is 3.36. The van der Waals surface area contributed by atoms with Crippen LogP contribution in [0.3, 0.4) is 0 Å². The summed E-state index contributed by atoms with van der Waals surface area (Å²) in [7, 11) is 0. The number of aryl methyl sites for hydroxylation is 3. The molecule has 0 saturated heterocycles. The Kier molecular flexibility index (Phi) is 3.63. The number of hydrogen-bond donors (Lipinski definition) is 2. The molecular formula is C19H22N4O2. The Hall–Kier alpha value is -2.63. The third kappa shape index (κ3) is 2.71. The molecule has 6 heteroatoms. The summed E-state index contributed by atoms with van der Waals surface area (Å²) in [6.45, 7) is 5.88. The van der Waals surface area contributed by atoms with E-state index >= 15 is 0 Å². The highest BCUT2D eigenvalue weighted by molar-refractivity contribution is 5.99. The molecule has 3 aromatic rings. The lowest BCUT2D eigenvalue weighted by molar-refractivity contribution is 0.0887. The Bertz CT molecular complexity index is 948. The van der Waals surface area contributed by atoms with E-state index in [4.69, 9.17) is 4.52 Å². The van der Waals surface area contributed by atoms with Gasteiger partial charge in [0.15, 0.2) is 5.82 Å². The molecule has 2 aromatic heterocycles. The van der Waals surface area contributed by atoms with Gasteiger partial charge in [-0.25, -0.2) is 0 Å². The number of hydrogen-bond acceptors (Lipinski definition) is 4. The molecular weight excluding hydrogens is 316 g/mol. The fourth-order valence-electron chi connectivity index (χ4n) is 3.88. The van der Waals surface area contributed by atoms with Crippen molar-refractivity contribution in [3.8, 4) is 0 Å². The van der Waals surface area contributed by atoms with Crippen molar-refractivity contribution in [2.24, 2.45) is 0 Å². The predicted molar refractivity (Wildman–Crippen MR) is 94.4 cm³/mol. The van der Waals surface area contributed by atoms with E-state index in [1.165, 1.54) is 5.56 Å². The summed E-state index contributed by atoms with van der Waals surface area (Å²) in [6.07, 6.45) is 3.74. The van der Waals surface area contributed by atoms with Gasteiger partial charge in [-0.3, -0.25) is 4.79 Å². The molecule has 1 aliphatic carbocycles. The number of aromatic amines is 1. The fourth-order valence-corrected chi connectivity index (χ4v) is 3.88. The van der Waals surface area contributed by atoms with Crippen LogP contribution < -0.4 is 5.32 Å². The van der Waals surface area contributed by atoms with Gasteiger partial charge in [0.05, 0.1) is 0 Å². The third-order valence-corrected chi connectivity index (χ3v) is 5.10. The van der Waals surface area contributed by atoms with Crippen LogP contribution in [0.1, 0.15) is 59.0 Å². The zero-order chi connectivity index (χ0) is 17.6. The summed E-state index contributed by atoms with van der Waals surface area (Å²) >= 11 is 0. The van der Waals surface area contributed by atoms with Crippen molar-refractivity contribution < 1.29 is 9.32 Å². The summed E-state index contributed by atoms with van der Waals surface area (Å²) in [4.78, 5) is 20.5. The second-order valence-electron chi connectivity index (χ2n) is 7.11. The van der Waals surface area contributed by atoms with E-state index in [1.807, 2.05) is 6.07 Å². The molecule has 0 unspecified atom stereocenters. The van der Waals surface area contributed by atoms with Crippen molar-refractivity contribution in [2.45, 2.75) is 52.0 Å². The number of amides is 1. The molecule has 0 spiro atoms. The van der Waals surface area contributed by atoms with Gasteiger partial charge in [-0.15, -0.1) is 0 Å². The molecule has 0 bridgehead atoms. The Morgan fingerprint density at radius 1 is 1.20 bits per heavy atom. The first-order valence-corrected chi connectivity index (χ1v) is 8.70. The van der Waals surface area contributed by atoms with E-state index in [0.29, 0.717) is 17.4 Å². The maximum absolute atomic E-state index is 12.9. The van der Waals surface area contributed by atoms with Crippen molar-refractivity contribution in [1.82, 2.24) is 20.4 Å². The van der Waals surface area contributed by atoms with E-state index in [1.54, 1.807) is 6.92 Å². The van der Waals surface area contributed by atoms with Crippen LogP contribution in [0.15, 0.2) is 22.7 Å². The van der Waals surface area contributed by atoms with Gasteiger partial charge >= 0.3 is 0 Å². The monoisotopic (exact) mass is 338 g/mol. The van der Waals surface area contributed by atoms with Crippen molar-refractivity contribution in [3.63, 3.8) is 0 Å². The number of benzene rings is 1. The van der Waals surface area contributed by atoms with Gasteiger partial charge in [0.25, 0.3) is 5.91 Å². The zero-order valence-electron chi connectivity index (χ0n) is 14.8. The highest BCUT2D eigenvalue weighted by Crippen LogP contribution is 2.37. The maximum Gasteiger partial charge on any atom is 0.268 e. The Morgan fingerprint density at radius 2 is 1.96 bits per heavy atom. The van der Waals surface area contributed by atoms with Gasteiger partial charge in [0, 0.05) is 17.8 Å². The summed E-state index contributed by atoms with van der Waals surface area (Å²) in [5, 5.41) is 8.33. The van der Waals surface area contributed by atoms with E-state index in [0.717, 1.165) is 42.1 Å². The molecule has 0 aliphatic heterocycles. The molecule has 1 aromatic carbocycles. The molecule has 2 heterocycles. The van der Waals surface area contributed by atoms with Crippen LogP contribution in [0.5, 0.6) is 0 Å². The maximum atomic E-state index is 12.9. The minimum Gasteiger partial charge on any atom is -0.351 e. The molecule has 1 saturated carbocycles. The van der Waals surface area contributed by atoms with E-state index in [2.05, 4.69) is 46.4 Å². The van der Waals surface area contributed by atoms with Crippen LogP contribution in [-0.2, 0) is 5.54 Å². The summed E-state index contributed by atoms with van der Waals surface area (Å²) in [6, 6.07) is 6.11. The largest absolute Gasteiger partial charge is 0.351 e. The second-order valence-corrected chi connectivity index (χ2v) is 7.11.